The molecule has 5 aromatic carbocycles. The summed E-state index contributed by atoms with van der Waals surface area (Å²) < 4.78 is 6.97. The van der Waals surface area contributed by atoms with E-state index in [-0.39, 0.29) is 28.4 Å². The van der Waals surface area contributed by atoms with Crippen LogP contribution in [0.5, 0.6) is 5.75 Å². The highest BCUT2D eigenvalue weighted by atomic mass is 127. The molecule has 0 saturated carbocycles. The molecule has 0 aliphatic carbocycles. The molecule has 53 heavy (non-hydrogen) atoms. The summed E-state index contributed by atoms with van der Waals surface area (Å²) in [4.78, 5) is 46.7. The number of carbonyl (C=O) groups is 3. The average Bonchev–Trinajstić information content (AvgIpc) is 3.19. The number of thioether (sulfide) groups is 1. The molecule has 0 unspecified atom stereocenters. The smallest absolute Gasteiger partial charge is 0.285 e. The van der Waals surface area contributed by atoms with Gasteiger partial charge in [0, 0.05) is 5.70 Å². The van der Waals surface area contributed by atoms with Crippen molar-refractivity contribution in [1.29, 1.82) is 0 Å². The Kier molecular flexibility index (Phi) is 12.5. The Balaban J connectivity index is 1.20. The summed E-state index contributed by atoms with van der Waals surface area (Å²) in [5, 5.41) is 5.54. The monoisotopic (exact) mass is 829 g/mol. The lowest BCUT2D eigenvalue weighted by molar-refractivity contribution is -0.126. The van der Waals surface area contributed by atoms with Crippen LogP contribution in [0, 0.1) is 3.57 Å². The maximum atomic E-state index is 14.1. The predicted molar refractivity (Wildman–Crippen MR) is 223 cm³/mol. The maximum absolute atomic E-state index is 14.1. The van der Waals surface area contributed by atoms with Gasteiger partial charge in [0.15, 0.2) is 5.17 Å². The first-order valence-corrected chi connectivity index (χ1v) is 19.0. The van der Waals surface area contributed by atoms with E-state index >= 15 is 0 Å². The standard InChI is InChI=1S/C44H36IN3O4S/c1-3-5-20-36(4-2)48-43(51)37(26-30-22-24-39(38(45)27-30)52-28-31-21-23-32-14-12-13-19-35(32)25-31)42(50)47-44(48)53-29-40(49)46-41(33-15-8-6-9-16-33)34-17-10-7-11-18-34/h3-27,41H,1,28-29H2,2H3,(H,46,49)/b20-5-,36-4+,37-26+. The molecular formula is C44H36IN3O4S. The number of amidine groups is 1. The van der Waals surface area contributed by atoms with Crippen molar-refractivity contribution in [3.05, 3.63) is 189 Å². The number of fused-ring (bicyclic) bond motifs is 1. The second-order valence-electron chi connectivity index (χ2n) is 12.0. The van der Waals surface area contributed by atoms with E-state index in [0.29, 0.717) is 23.6 Å². The van der Waals surface area contributed by atoms with Gasteiger partial charge in [0.05, 0.1) is 15.4 Å². The number of nitrogens with one attached hydrogen (secondary N) is 1. The zero-order valence-corrected chi connectivity index (χ0v) is 31.9. The topological polar surface area (TPSA) is 88.1 Å². The van der Waals surface area contributed by atoms with Crippen LogP contribution in [0.15, 0.2) is 168 Å². The number of aliphatic imine (C=N–C) groups is 1. The summed E-state index contributed by atoms with van der Waals surface area (Å²) in [6.45, 7) is 5.92. The lowest BCUT2D eigenvalue weighted by atomic mass is 9.99. The number of allylic oxidation sites excluding steroid dienone is 4. The van der Waals surface area contributed by atoms with Crippen LogP contribution in [0.2, 0.25) is 0 Å². The van der Waals surface area contributed by atoms with Gasteiger partial charge in [-0.25, -0.2) is 0 Å². The predicted octanol–water partition coefficient (Wildman–Crippen LogP) is 9.42. The fourth-order valence-electron chi connectivity index (χ4n) is 5.77. The molecule has 0 atom stereocenters. The summed E-state index contributed by atoms with van der Waals surface area (Å²) in [6, 6.07) is 38.9. The van der Waals surface area contributed by atoms with Gasteiger partial charge in [0.1, 0.15) is 17.9 Å². The van der Waals surface area contributed by atoms with Gasteiger partial charge in [-0.05, 0) is 92.9 Å². The fourth-order valence-corrected chi connectivity index (χ4v) is 7.28. The summed E-state index contributed by atoms with van der Waals surface area (Å²) >= 11 is 3.21. The molecule has 0 saturated heterocycles. The molecule has 1 N–H and O–H groups in total. The molecule has 264 valence electrons. The highest BCUT2D eigenvalue weighted by Crippen LogP contribution is 2.29. The van der Waals surface area contributed by atoms with Crippen LogP contribution in [-0.4, -0.2) is 33.5 Å². The first kappa shape index (κ1) is 37.2. The van der Waals surface area contributed by atoms with Crippen LogP contribution in [0.25, 0.3) is 16.8 Å². The minimum atomic E-state index is -0.685. The van der Waals surface area contributed by atoms with Crippen molar-refractivity contribution in [2.24, 2.45) is 4.99 Å². The molecule has 0 fully saturated rings. The van der Waals surface area contributed by atoms with Gasteiger partial charge < -0.3 is 10.1 Å². The lowest BCUT2D eigenvalue weighted by Gasteiger charge is -2.28. The van der Waals surface area contributed by atoms with Crippen LogP contribution in [0.3, 0.4) is 0 Å². The number of benzene rings is 5. The third kappa shape index (κ3) is 9.29. The molecule has 0 radical (unpaired) electrons. The van der Waals surface area contributed by atoms with E-state index in [1.165, 1.54) is 10.3 Å². The zero-order chi connectivity index (χ0) is 37.2. The molecule has 1 aliphatic heterocycles. The summed E-state index contributed by atoms with van der Waals surface area (Å²) in [7, 11) is 0. The van der Waals surface area contributed by atoms with Gasteiger partial charge in [-0.1, -0.05) is 140 Å². The molecule has 1 heterocycles. The number of hydrogen-bond acceptors (Lipinski definition) is 5. The van der Waals surface area contributed by atoms with E-state index in [4.69, 9.17) is 4.74 Å². The van der Waals surface area contributed by atoms with Crippen LogP contribution < -0.4 is 10.1 Å². The van der Waals surface area contributed by atoms with Crippen LogP contribution in [0.4, 0.5) is 0 Å². The maximum Gasteiger partial charge on any atom is 0.285 e. The van der Waals surface area contributed by atoms with Crippen LogP contribution >= 0.6 is 34.4 Å². The third-order valence-corrected chi connectivity index (χ3v) is 10.2. The molecule has 5 aromatic rings. The minimum absolute atomic E-state index is 0.0772. The van der Waals surface area contributed by atoms with Crippen molar-refractivity contribution in [1.82, 2.24) is 10.2 Å². The third-order valence-electron chi connectivity index (χ3n) is 8.39. The number of carbonyl (C=O) groups excluding carboxylic acids is 3. The second-order valence-corrected chi connectivity index (χ2v) is 14.1. The van der Waals surface area contributed by atoms with Gasteiger partial charge in [-0.2, -0.15) is 4.99 Å². The van der Waals surface area contributed by atoms with E-state index < -0.39 is 11.8 Å². The average molecular weight is 830 g/mol. The fraction of sp³-hybridized carbons (Fsp3) is 0.0909. The van der Waals surface area contributed by atoms with E-state index in [1.807, 2.05) is 84.9 Å². The summed E-state index contributed by atoms with van der Waals surface area (Å²) in [5.74, 6) is -0.904. The number of amides is 3. The first-order chi connectivity index (χ1) is 25.8. The molecule has 0 bridgehead atoms. The number of nitrogens with zero attached hydrogens (tertiary/aromatic N) is 2. The molecule has 9 heteroatoms. The number of rotatable bonds is 12. The lowest BCUT2D eigenvalue weighted by Crippen LogP contribution is -2.42. The first-order valence-electron chi connectivity index (χ1n) is 16.9. The van der Waals surface area contributed by atoms with Gasteiger partial charge in [0.25, 0.3) is 11.8 Å². The van der Waals surface area contributed by atoms with Gasteiger partial charge in [0.2, 0.25) is 5.91 Å². The van der Waals surface area contributed by atoms with Gasteiger partial charge >= 0.3 is 0 Å². The Labute approximate surface area is 327 Å². The molecule has 1 aliphatic rings. The van der Waals surface area contributed by atoms with E-state index in [2.05, 4.69) is 69.8 Å². The van der Waals surface area contributed by atoms with Crippen molar-refractivity contribution in [2.45, 2.75) is 19.6 Å². The van der Waals surface area contributed by atoms with Crippen molar-refractivity contribution < 1.29 is 19.1 Å². The molecule has 7 nitrogen and oxygen atoms in total. The molecule has 6 rings (SSSR count). The van der Waals surface area contributed by atoms with E-state index in [9.17, 15) is 14.4 Å². The number of halogens is 1. The quantitative estimate of drug-likeness (QED) is 0.0587. The SMILES string of the molecule is C=C/C=C\C(=C/C)N1C(=O)/C(=C/c2ccc(OCc3ccc4ccccc4c3)c(I)c2)C(=O)N=C1SCC(=O)NC(c1ccccc1)c1ccccc1. The largest absolute Gasteiger partial charge is 0.488 e. The summed E-state index contributed by atoms with van der Waals surface area (Å²) in [6.07, 6.45) is 8.28. The zero-order valence-electron chi connectivity index (χ0n) is 28.9. The Hall–Kier alpha value is -5.52. The van der Waals surface area contributed by atoms with Crippen molar-refractivity contribution >= 4 is 74.1 Å². The van der Waals surface area contributed by atoms with Crippen molar-refractivity contribution in [3.63, 3.8) is 0 Å². The Morgan fingerprint density at radius 3 is 2.25 bits per heavy atom. The number of ether oxygens (including phenoxy) is 1. The second kappa shape index (κ2) is 17.8. The van der Waals surface area contributed by atoms with Crippen LogP contribution in [0.1, 0.15) is 35.2 Å². The summed E-state index contributed by atoms with van der Waals surface area (Å²) in [5.41, 5.74) is 3.94. The molecule has 0 spiro atoms. The van der Waals surface area contributed by atoms with E-state index in [1.54, 1.807) is 43.4 Å². The molecule has 0 aromatic heterocycles. The van der Waals surface area contributed by atoms with Gasteiger partial charge in [-0.3, -0.25) is 19.3 Å². The number of hydrogen-bond donors (Lipinski definition) is 1. The normalized spacial score (nSPS) is 14.2. The van der Waals surface area contributed by atoms with Crippen LogP contribution in [-0.2, 0) is 21.0 Å². The highest BCUT2D eigenvalue weighted by molar-refractivity contribution is 14.1. The van der Waals surface area contributed by atoms with Crippen molar-refractivity contribution in [3.8, 4) is 5.75 Å². The Morgan fingerprint density at radius 2 is 1.58 bits per heavy atom. The van der Waals surface area contributed by atoms with Gasteiger partial charge in [-0.15, -0.1) is 0 Å². The Morgan fingerprint density at radius 1 is 0.906 bits per heavy atom. The molecular weight excluding hydrogens is 793 g/mol. The minimum Gasteiger partial charge on any atom is -0.488 e. The highest BCUT2D eigenvalue weighted by Gasteiger charge is 2.35. The molecule has 3 amide bonds. The van der Waals surface area contributed by atoms with E-state index in [0.717, 1.165) is 37.4 Å². The van der Waals surface area contributed by atoms with Crippen molar-refractivity contribution in [2.75, 3.05) is 5.75 Å². The Bertz CT molecular complexity index is 2240.